The second-order valence-electron chi connectivity index (χ2n) is 4.41. The van der Waals surface area contributed by atoms with Gasteiger partial charge in [-0.05, 0) is 31.0 Å². The van der Waals surface area contributed by atoms with Crippen molar-refractivity contribution in [3.05, 3.63) is 0 Å². The van der Waals surface area contributed by atoms with E-state index >= 15 is 0 Å². The number of nitrogens with one attached hydrogen (secondary N) is 2. The predicted molar refractivity (Wildman–Crippen MR) is 111 cm³/mol. The van der Waals surface area contributed by atoms with E-state index in [1.807, 2.05) is 6.07 Å². The minimum absolute atomic E-state index is 0. The van der Waals surface area contributed by atoms with E-state index in [1.165, 1.54) is 5.59 Å². The predicted octanol–water partition coefficient (Wildman–Crippen LogP) is -2.83. The van der Waals surface area contributed by atoms with E-state index in [1.54, 1.807) is 4.94 Å². The standard InChI is InChI=1S/C6H8N2.C5H8O4S.C5H8O.CH4.ClH3N2O.Na/c1-2-3-4-6(8)5-7;1-2-3-4-5(6)10(7,8)9;1-2-3-4-5-6;;1-2-3-4;/h1,6H,3-4,8H2;1,5-6H,3-4H2,(H,7,8,9);1,6H,3-5H2;1H4;2-4H;/q;;;;;+1/p-1. The zero-order valence-electron chi connectivity index (χ0n) is 16.2. The first kappa shape index (κ1) is 43.1. The molecule has 0 fully saturated rings. The molecule has 0 spiro atoms. The number of rotatable bonds is 8. The van der Waals surface area contributed by atoms with Crippen LogP contribution in [0.1, 0.15) is 46.0 Å². The van der Waals surface area contributed by atoms with Crippen molar-refractivity contribution in [1.29, 1.82) is 5.26 Å². The van der Waals surface area contributed by atoms with Crippen molar-refractivity contribution >= 4 is 21.9 Å². The van der Waals surface area contributed by atoms with Crippen molar-refractivity contribution in [1.82, 2.24) is 10.5 Å². The second kappa shape index (κ2) is 35.6. The van der Waals surface area contributed by atoms with E-state index in [2.05, 4.69) is 29.5 Å². The summed E-state index contributed by atoms with van der Waals surface area (Å²) < 4.78 is 29.9. The number of hydrogen-bond donors (Lipinski definition) is 6. The van der Waals surface area contributed by atoms with E-state index in [4.69, 9.17) is 45.7 Å². The normalized spacial score (nSPS) is 10.2. The third-order valence-corrected chi connectivity index (χ3v) is 3.14. The van der Waals surface area contributed by atoms with Crippen LogP contribution >= 0.6 is 11.8 Å². The molecule has 2 atom stereocenters. The van der Waals surface area contributed by atoms with E-state index in [-0.39, 0.29) is 62.5 Å². The second-order valence-corrected chi connectivity index (χ2v) is 6.12. The summed E-state index contributed by atoms with van der Waals surface area (Å²) in [6, 6.07) is 1.50. The summed E-state index contributed by atoms with van der Waals surface area (Å²) in [5, 5.41) is 32.1. The Bertz CT molecular complexity index is 610. The van der Waals surface area contributed by atoms with Crippen molar-refractivity contribution in [2.45, 2.75) is 57.4 Å². The van der Waals surface area contributed by atoms with Gasteiger partial charge in [-0.1, -0.05) is 7.43 Å². The van der Waals surface area contributed by atoms with E-state index in [9.17, 15) is 13.0 Å². The minimum Gasteiger partial charge on any atom is -0.746 e. The van der Waals surface area contributed by atoms with Crippen LogP contribution in [0.3, 0.4) is 0 Å². The number of aliphatic hydroxyl groups excluding tert-OH is 2. The average molecular weight is 477 g/mol. The van der Waals surface area contributed by atoms with Crippen LogP contribution in [0.4, 0.5) is 0 Å². The number of unbranched alkanes of at least 4 members (excludes halogenated alkanes) is 1. The van der Waals surface area contributed by atoms with Gasteiger partial charge < -0.3 is 25.7 Å². The average Bonchev–Trinajstić information content (AvgIpc) is 2.68. The molecule has 0 aromatic heterocycles. The van der Waals surface area contributed by atoms with Gasteiger partial charge in [-0.15, -0.1) is 47.6 Å². The van der Waals surface area contributed by atoms with Crippen molar-refractivity contribution in [2.24, 2.45) is 5.73 Å². The molecule has 0 aromatic carbocycles. The molecule has 0 aliphatic rings. The molecular formula is C17H30ClN4NaO6S. The maximum Gasteiger partial charge on any atom is 1.00 e. The van der Waals surface area contributed by atoms with Gasteiger partial charge in [-0.3, -0.25) is 0 Å². The molecule has 10 nitrogen and oxygen atoms in total. The summed E-state index contributed by atoms with van der Waals surface area (Å²) in [6.07, 6.45) is 17.0. The van der Waals surface area contributed by atoms with E-state index in [0.717, 1.165) is 6.42 Å². The van der Waals surface area contributed by atoms with Gasteiger partial charge in [0.15, 0.2) is 0 Å². The number of terminal acetylenes is 3. The molecular weight excluding hydrogens is 447 g/mol. The van der Waals surface area contributed by atoms with Gasteiger partial charge in [0.05, 0.1) is 12.1 Å². The summed E-state index contributed by atoms with van der Waals surface area (Å²) in [5.41, 5.74) is 4.79. The Kier molecular flexibility index (Phi) is 51.1. The number of nitriles is 1. The summed E-state index contributed by atoms with van der Waals surface area (Å²) in [5.74, 6) is 6.92. The molecule has 0 radical (unpaired) electrons. The Morgan fingerprint density at radius 1 is 1.13 bits per heavy atom. The van der Waals surface area contributed by atoms with E-state index < -0.39 is 15.6 Å². The maximum absolute atomic E-state index is 9.96. The number of nitrogens with zero attached hydrogens (tertiary/aromatic N) is 1. The van der Waals surface area contributed by atoms with Gasteiger partial charge in [-0.25, -0.2) is 8.42 Å². The van der Waals surface area contributed by atoms with Crippen LogP contribution in [-0.4, -0.2) is 46.5 Å². The Hall–Kier alpha value is -0.870. The molecule has 0 aliphatic carbocycles. The van der Waals surface area contributed by atoms with Gasteiger partial charge in [0.25, 0.3) is 0 Å². The molecule has 13 heteroatoms. The molecule has 0 saturated heterocycles. The largest absolute Gasteiger partial charge is 1.00 e. The molecule has 0 rings (SSSR count). The molecule has 0 amide bonds. The molecule has 168 valence electrons. The van der Waals surface area contributed by atoms with E-state index in [0.29, 0.717) is 19.3 Å². The van der Waals surface area contributed by atoms with Gasteiger partial charge >= 0.3 is 29.6 Å². The first-order valence-electron chi connectivity index (χ1n) is 7.56. The minimum atomic E-state index is -4.57. The Morgan fingerprint density at radius 3 is 1.77 bits per heavy atom. The summed E-state index contributed by atoms with van der Waals surface area (Å²) in [4.78, 5) is 1.71. The fraction of sp³-hybridized carbons (Fsp3) is 0.588. The fourth-order valence-electron chi connectivity index (χ4n) is 0.836. The Morgan fingerprint density at radius 2 is 1.53 bits per heavy atom. The van der Waals surface area contributed by atoms with Crippen LogP contribution in [0.2, 0.25) is 0 Å². The maximum atomic E-state index is 9.96. The van der Waals surface area contributed by atoms with Crippen LogP contribution in [-0.2, 0) is 10.1 Å². The van der Waals surface area contributed by atoms with Crippen LogP contribution in [0.15, 0.2) is 0 Å². The quantitative estimate of drug-likeness (QED) is 0.0531. The molecule has 0 heterocycles. The third-order valence-electron chi connectivity index (χ3n) is 2.16. The number of hydrogen-bond acceptors (Lipinski definition) is 10. The number of nitrogens with two attached hydrogens (primary N) is 1. The number of halogens is 1. The Balaban J connectivity index is -0.0000000655. The zero-order valence-corrected chi connectivity index (χ0v) is 19.8. The molecule has 30 heavy (non-hydrogen) atoms. The van der Waals surface area contributed by atoms with Crippen molar-refractivity contribution in [2.75, 3.05) is 6.61 Å². The summed E-state index contributed by atoms with van der Waals surface area (Å²) in [7, 11) is -4.57. The number of hydrazine groups is 1. The van der Waals surface area contributed by atoms with Crippen molar-refractivity contribution in [3.63, 3.8) is 0 Å². The fourth-order valence-corrected chi connectivity index (χ4v) is 1.24. The topological polar surface area (TPSA) is 192 Å². The molecule has 0 aliphatic heterocycles. The zero-order chi connectivity index (χ0) is 22.8. The van der Waals surface area contributed by atoms with Gasteiger partial charge in [0.2, 0.25) is 0 Å². The molecule has 7 N–H and O–H groups in total. The first-order chi connectivity index (χ1) is 13.1. The van der Waals surface area contributed by atoms with Crippen LogP contribution in [0.25, 0.3) is 0 Å². The molecule has 0 aromatic rings. The van der Waals surface area contributed by atoms with Crippen molar-refractivity contribution < 1.29 is 57.9 Å². The van der Waals surface area contributed by atoms with Crippen molar-refractivity contribution in [3.8, 4) is 43.1 Å². The Labute approximate surface area is 207 Å². The van der Waals surface area contributed by atoms with Gasteiger partial charge in [-0.2, -0.15) is 5.26 Å². The first-order valence-corrected chi connectivity index (χ1v) is 9.41. The van der Waals surface area contributed by atoms with Gasteiger partial charge in [0, 0.05) is 25.9 Å². The number of aliphatic hydroxyl groups is 2. The molecule has 0 bridgehead atoms. The van der Waals surface area contributed by atoms with Gasteiger partial charge in [0.1, 0.15) is 15.6 Å². The summed E-state index contributed by atoms with van der Waals surface area (Å²) in [6.45, 7) is 0.212. The van der Waals surface area contributed by atoms with Crippen LogP contribution in [0.5, 0.6) is 0 Å². The smallest absolute Gasteiger partial charge is 0.746 e. The monoisotopic (exact) mass is 476 g/mol. The third kappa shape index (κ3) is 50.6. The van der Waals surface area contributed by atoms with Crippen LogP contribution < -0.4 is 45.8 Å². The van der Waals surface area contributed by atoms with Crippen LogP contribution in [0, 0.1) is 48.4 Å². The molecule has 2 unspecified atom stereocenters. The summed E-state index contributed by atoms with van der Waals surface area (Å²) >= 11 is 4.57. The molecule has 0 saturated carbocycles. The SMILES string of the molecule is C.C#CCCC(N)C#N.C#CCCC(O)S(=O)(=O)[O-].C#CCCCO.ONNCl.[Na+].